The van der Waals surface area contributed by atoms with Crippen LogP contribution >= 0.6 is 15.9 Å². The molecule has 3 heteroatoms. The number of rotatable bonds is 2. The number of ether oxygens (including phenoxy) is 1. The summed E-state index contributed by atoms with van der Waals surface area (Å²) in [7, 11) is 0. The van der Waals surface area contributed by atoms with Gasteiger partial charge in [0.1, 0.15) is 11.8 Å². The van der Waals surface area contributed by atoms with E-state index >= 15 is 0 Å². The van der Waals surface area contributed by atoms with Crippen molar-refractivity contribution < 1.29 is 4.74 Å². The largest absolute Gasteiger partial charge is 0.489 e. The molecular weight excluding hydrogens is 290 g/mol. The number of benzene rings is 1. The maximum Gasteiger partial charge on any atom is 0.138 e. The summed E-state index contributed by atoms with van der Waals surface area (Å²) in [5, 5.41) is 9.08. The second-order valence-corrected chi connectivity index (χ2v) is 6.65. The lowest BCUT2D eigenvalue weighted by atomic mass is 9.76. The quantitative estimate of drug-likeness (QED) is 0.795. The van der Waals surface area contributed by atoms with Gasteiger partial charge in [-0.15, -0.1) is 0 Å². The first-order valence-electron chi connectivity index (χ1n) is 6.36. The number of nitrogens with zero attached hydrogens (tertiary/aromatic N) is 1. The van der Waals surface area contributed by atoms with Crippen LogP contribution in [0.15, 0.2) is 22.7 Å². The minimum Gasteiger partial charge on any atom is -0.489 e. The van der Waals surface area contributed by atoms with Crippen LogP contribution in [0.2, 0.25) is 0 Å². The molecule has 0 aromatic heterocycles. The summed E-state index contributed by atoms with van der Waals surface area (Å²) in [6, 6.07) is 7.74. The van der Waals surface area contributed by atoms with E-state index in [9.17, 15) is 0 Å². The van der Waals surface area contributed by atoms with E-state index in [1.165, 1.54) is 12.8 Å². The van der Waals surface area contributed by atoms with Gasteiger partial charge in [-0.05, 0) is 49.3 Å². The van der Waals surface area contributed by atoms with Gasteiger partial charge in [-0.1, -0.05) is 29.8 Å². The molecule has 1 fully saturated rings. The molecule has 0 radical (unpaired) electrons. The van der Waals surface area contributed by atoms with E-state index in [1.807, 2.05) is 12.1 Å². The molecule has 0 amide bonds. The second-order valence-electron chi connectivity index (χ2n) is 5.73. The number of hydrogen-bond donors (Lipinski definition) is 0. The Morgan fingerprint density at radius 1 is 1.33 bits per heavy atom. The summed E-state index contributed by atoms with van der Waals surface area (Å²) in [6.07, 6.45) is 4.77. The van der Waals surface area contributed by atoms with E-state index in [0.29, 0.717) is 16.7 Å². The molecule has 1 aromatic rings. The standard InChI is InChI=1S/C15H18BrNO/c1-15(2)7-5-13(6-8-15)18-14-9-12(16)4-3-11(14)10-17/h3-4,9,13H,5-8H2,1-2H3. The zero-order chi connectivity index (χ0) is 13.2. The third-order valence-electron chi connectivity index (χ3n) is 3.64. The van der Waals surface area contributed by atoms with Crippen molar-refractivity contribution in [1.29, 1.82) is 5.26 Å². The summed E-state index contributed by atoms with van der Waals surface area (Å²) in [5.41, 5.74) is 1.05. The van der Waals surface area contributed by atoms with Crippen molar-refractivity contribution in [2.24, 2.45) is 5.41 Å². The van der Waals surface area contributed by atoms with Crippen LogP contribution in [0.3, 0.4) is 0 Å². The van der Waals surface area contributed by atoms with E-state index in [1.54, 1.807) is 6.07 Å². The fourth-order valence-corrected chi connectivity index (χ4v) is 2.70. The smallest absolute Gasteiger partial charge is 0.138 e. The van der Waals surface area contributed by atoms with Crippen LogP contribution in [0.5, 0.6) is 5.75 Å². The number of halogens is 1. The SMILES string of the molecule is CC1(C)CCC(Oc2cc(Br)ccc2C#N)CC1. The predicted molar refractivity (Wildman–Crippen MR) is 75.5 cm³/mol. The molecular formula is C15H18BrNO. The monoisotopic (exact) mass is 307 g/mol. The molecule has 0 heterocycles. The van der Waals surface area contributed by atoms with Crippen LogP contribution in [0, 0.1) is 16.7 Å². The van der Waals surface area contributed by atoms with Crippen LogP contribution < -0.4 is 4.74 Å². The third-order valence-corrected chi connectivity index (χ3v) is 4.14. The van der Waals surface area contributed by atoms with Crippen molar-refractivity contribution in [2.45, 2.75) is 45.6 Å². The van der Waals surface area contributed by atoms with Gasteiger partial charge in [-0.3, -0.25) is 0 Å². The molecule has 0 bridgehead atoms. The third kappa shape index (κ3) is 3.26. The Morgan fingerprint density at radius 2 is 2.00 bits per heavy atom. The van der Waals surface area contributed by atoms with Gasteiger partial charge in [0.2, 0.25) is 0 Å². The predicted octanol–water partition coefficient (Wildman–Crippen LogP) is 4.67. The van der Waals surface area contributed by atoms with Crippen molar-refractivity contribution in [3.8, 4) is 11.8 Å². The molecule has 0 N–H and O–H groups in total. The maximum absolute atomic E-state index is 9.08. The highest BCUT2D eigenvalue weighted by Gasteiger charge is 2.28. The average Bonchev–Trinajstić information content (AvgIpc) is 2.32. The van der Waals surface area contributed by atoms with E-state index < -0.39 is 0 Å². The van der Waals surface area contributed by atoms with Crippen molar-refractivity contribution in [3.05, 3.63) is 28.2 Å². The molecule has 0 unspecified atom stereocenters. The van der Waals surface area contributed by atoms with Crippen LogP contribution in [0.1, 0.15) is 45.1 Å². The molecule has 18 heavy (non-hydrogen) atoms. The van der Waals surface area contributed by atoms with Crippen molar-refractivity contribution >= 4 is 15.9 Å². The lowest BCUT2D eigenvalue weighted by molar-refractivity contribution is 0.0985. The van der Waals surface area contributed by atoms with Crippen molar-refractivity contribution in [3.63, 3.8) is 0 Å². The van der Waals surface area contributed by atoms with Crippen LogP contribution in [0.4, 0.5) is 0 Å². The molecule has 0 spiro atoms. The van der Waals surface area contributed by atoms with Gasteiger partial charge in [0, 0.05) is 4.47 Å². The Kier molecular flexibility index (Phi) is 3.97. The highest BCUT2D eigenvalue weighted by atomic mass is 79.9. The molecule has 2 nitrogen and oxygen atoms in total. The topological polar surface area (TPSA) is 33.0 Å². The van der Waals surface area contributed by atoms with Crippen molar-refractivity contribution in [1.82, 2.24) is 0 Å². The minimum absolute atomic E-state index is 0.249. The van der Waals surface area contributed by atoms with Gasteiger partial charge in [-0.2, -0.15) is 5.26 Å². The Morgan fingerprint density at radius 3 is 2.61 bits per heavy atom. The van der Waals surface area contributed by atoms with E-state index in [0.717, 1.165) is 17.3 Å². The molecule has 0 atom stereocenters. The first kappa shape index (κ1) is 13.4. The van der Waals surface area contributed by atoms with E-state index in [2.05, 4.69) is 35.8 Å². The van der Waals surface area contributed by atoms with Gasteiger partial charge >= 0.3 is 0 Å². The van der Waals surface area contributed by atoms with Gasteiger partial charge < -0.3 is 4.74 Å². The van der Waals surface area contributed by atoms with Gasteiger partial charge in [-0.25, -0.2) is 0 Å². The lowest BCUT2D eigenvalue weighted by Crippen LogP contribution is -2.28. The van der Waals surface area contributed by atoms with E-state index in [4.69, 9.17) is 10.00 Å². The van der Waals surface area contributed by atoms with Gasteiger partial charge in [0.05, 0.1) is 11.7 Å². The molecule has 96 valence electrons. The average molecular weight is 308 g/mol. The Balaban J connectivity index is 2.07. The second kappa shape index (κ2) is 5.32. The highest BCUT2D eigenvalue weighted by Crippen LogP contribution is 2.37. The molecule has 1 aliphatic rings. The fraction of sp³-hybridized carbons (Fsp3) is 0.533. The Hall–Kier alpha value is -1.01. The van der Waals surface area contributed by atoms with Crippen LogP contribution in [-0.2, 0) is 0 Å². The molecule has 2 rings (SSSR count). The molecule has 1 aromatic carbocycles. The first-order chi connectivity index (χ1) is 8.50. The number of nitriles is 1. The summed E-state index contributed by atoms with van der Waals surface area (Å²) in [5.74, 6) is 0.705. The van der Waals surface area contributed by atoms with Crippen LogP contribution in [-0.4, -0.2) is 6.10 Å². The maximum atomic E-state index is 9.08. The van der Waals surface area contributed by atoms with E-state index in [-0.39, 0.29) is 6.10 Å². The Bertz CT molecular complexity index is 466. The van der Waals surface area contributed by atoms with Gasteiger partial charge in [0.25, 0.3) is 0 Å². The zero-order valence-electron chi connectivity index (χ0n) is 10.9. The Labute approximate surface area is 117 Å². The highest BCUT2D eigenvalue weighted by molar-refractivity contribution is 9.10. The summed E-state index contributed by atoms with van der Waals surface area (Å²) in [6.45, 7) is 4.62. The normalized spacial score (nSPS) is 19.2. The summed E-state index contributed by atoms with van der Waals surface area (Å²) >= 11 is 3.42. The van der Waals surface area contributed by atoms with Gasteiger partial charge in [0.15, 0.2) is 0 Å². The summed E-state index contributed by atoms with van der Waals surface area (Å²) < 4.78 is 6.95. The fourth-order valence-electron chi connectivity index (χ4n) is 2.36. The first-order valence-corrected chi connectivity index (χ1v) is 7.16. The minimum atomic E-state index is 0.249. The molecule has 1 saturated carbocycles. The molecule has 1 aliphatic carbocycles. The summed E-state index contributed by atoms with van der Waals surface area (Å²) in [4.78, 5) is 0. The zero-order valence-corrected chi connectivity index (χ0v) is 12.5. The number of hydrogen-bond acceptors (Lipinski definition) is 2. The molecule has 0 saturated heterocycles. The lowest BCUT2D eigenvalue weighted by Gasteiger charge is -2.34. The molecule has 0 aliphatic heterocycles. The van der Waals surface area contributed by atoms with Crippen molar-refractivity contribution in [2.75, 3.05) is 0 Å². The van der Waals surface area contributed by atoms with Crippen LogP contribution in [0.25, 0.3) is 0 Å².